The summed E-state index contributed by atoms with van der Waals surface area (Å²) >= 11 is 0. The van der Waals surface area contributed by atoms with E-state index in [9.17, 15) is 4.11 Å². The van der Waals surface area contributed by atoms with Crippen LogP contribution in [-0.4, -0.2) is 9.13 Å². The third-order valence-corrected chi connectivity index (χ3v) is 9.95. The number of hydrogen-bond acceptors (Lipinski definition) is 1. The second kappa shape index (κ2) is 10.8. The van der Waals surface area contributed by atoms with Crippen LogP contribution in [0.5, 0.6) is 0 Å². The molecule has 51 heavy (non-hydrogen) atoms. The lowest BCUT2D eigenvalue weighted by Crippen LogP contribution is -1.95. The summed E-state index contributed by atoms with van der Waals surface area (Å²) in [6.45, 7) is 0. The Morgan fingerprint density at radius 3 is 2.08 bits per heavy atom. The predicted molar refractivity (Wildman–Crippen MR) is 213 cm³/mol. The average molecular weight is 658 g/mol. The molecule has 0 spiro atoms. The molecule has 11 aromatic rings. The molecule has 0 fully saturated rings. The van der Waals surface area contributed by atoms with Crippen molar-refractivity contribution in [2.75, 3.05) is 0 Å². The van der Waals surface area contributed by atoms with Gasteiger partial charge in [-0.25, -0.2) is 0 Å². The third-order valence-electron chi connectivity index (χ3n) is 9.95. The van der Waals surface area contributed by atoms with Gasteiger partial charge in [-0.05, 0) is 83.3 Å². The van der Waals surface area contributed by atoms with E-state index >= 15 is 0 Å². The second-order valence-corrected chi connectivity index (χ2v) is 12.8. The molecule has 0 atom stereocenters. The largest absolute Gasteiger partial charge is 0.456 e. The van der Waals surface area contributed by atoms with E-state index in [-0.39, 0.29) is 57.6 Å². The van der Waals surface area contributed by atoms with E-state index in [1.807, 2.05) is 91.0 Å². The van der Waals surface area contributed by atoms with E-state index in [0.717, 1.165) is 49.4 Å². The van der Waals surface area contributed by atoms with E-state index in [1.165, 1.54) is 0 Å². The lowest BCUT2D eigenvalue weighted by Gasteiger charge is -2.11. The first kappa shape index (κ1) is 22.0. The van der Waals surface area contributed by atoms with Crippen LogP contribution in [0, 0.1) is 0 Å². The molecule has 238 valence electrons. The normalized spacial score (nSPS) is 13.8. The summed E-state index contributed by atoms with van der Waals surface area (Å²) in [5, 5.41) is 3.88. The monoisotopic (exact) mass is 657 g/mol. The molecular formula is C48H30N2O. The van der Waals surface area contributed by atoms with Crippen molar-refractivity contribution >= 4 is 65.6 Å². The Hall–Kier alpha value is -6.84. The molecule has 3 aromatic heterocycles. The van der Waals surface area contributed by atoms with Crippen LogP contribution < -0.4 is 0 Å². The van der Waals surface area contributed by atoms with Crippen molar-refractivity contribution < 1.29 is 14.0 Å². The maximum atomic E-state index is 9.85. The van der Waals surface area contributed by atoms with Crippen molar-refractivity contribution in [1.82, 2.24) is 9.13 Å². The van der Waals surface area contributed by atoms with Crippen molar-refractivity contribution in [1.29, 1.82) is 0 Å². The molecule has 11 rings (SSSR count). The highest BCUT2D eigenvalue weighted by Crippen LogP contribution is 2.41. The van der Waals surface area contributed by atoms with E-state index in [4.69, 9.17) is 9.90 Å². The summed E-state index contributed by atoms with van der Waals surface area (Å²) in [6.07, 6.45) is 0. The molecule has 3 heterocycles. The number of para-hydroxylation sites is 4. The summed E-state index contributed by atoms with van der Waals surface area (Å²) in [5.41, 5.74) is 8.01. The van der Waals surface area contributed by atoms with Gasteiger partial charge < -0.3 is 13.6 Å². The predicted octanol–water partition coefficient (Wildman–Crippen LogP) is 13.1. The zero-order valence-corrected chi connectivity index (χ0v) is 27.1. The number of fused-ring (bicyclic) bond motifs is 9. The number of hydrogen-bond donors (Lipinski definition) is 0. The van der Waals surface area contributed by atoms with Crippen molar-refractivity contribution in [3.8, 4) is 33.6 Å². The number of nitrogens with zero attached hydrogens (tertiary/aromatic N) is 2. The fourth-order valence-electron chi connectivity index (χ4n) is 7.69. The van der Waals surface area contributed by atoms with Crippen LogP contribution in [0.1, 0.15) is 9.60 Å². The molecule has 3 nitrogen and oxygen atoms in total. The van der Waals surface area contributed by atoms with E-state index in [0.29, 0.717) is 22.4 Å². The van der Waals surface area contributed by atoms with Crippen molar-refractivity contribution in [3.63, 3.8) is 0 Å². The Balaban J connectivity index is 1.23. The molecule has 0 saturated heterocycles. The van der Waals surface area contributed by atoms with Crippen LogP contribution in [0.4, 0.5) is 0 Å². The standard InChI is InChI=1S/C48H30N2O/c1-3-12-31(13-4-1)36-18-11-19-39-41-29-33(23-26-45(41)50(48(36)39)34-14-5-2-6-15-34)32-22-25-44-40(28-32)37-16-7-9-20-43(37)49(44)35-24-27-47-42(30-35)38-17-8-10-21-46(38)51-47/h1-30H/i7D,9D,16D,20D,22D,25D,28D. The molecular weight excluding hydrogens is 621 g/mol. The second-order valence-electron chi connectivity index (χ2n) is 12.8. The van der Waals surface area contributed by atoms with Crippen LogP contribution in [-0.2, 0) is 0 Å². The molecule has 0 radical (unpaired) electrons. The summed E-state index contributed by atoms with van der Waals surface area (Å²) in [7, 11) is 0. The molecule has 0 aliphatic rings. The fraction of sp³-hybridized carbons (Fsp3) is 0. The van der Waals surface area contributed by atoms with Gasteiger partial charge in [-0.15, -0.1) is 0 Å². The smallest absolute Gasteiger partial charge is 0.135 e. The molecule has 3 heteroatoms. The fourth-order valence-corrected chi connectivity index (χ4v) is 7.69. The highest BCUT2D eigenvalue weighted by Gasteiger charge is 2.19. The zero-order chi connectivity index (χ0) is 39.6. The van der Waals surface area contributed by atoms with Gasteiger partial charge in [0.25, 0.3) is 0 Å². The van der Waals surface area contributed by atoms with Gasteiger partial charge in [0.2, 0.25) is 0 Å². The van der Waals surface area contributed by atoms with Crippen LogP contribution in [0.25, 0.3) is 99.2 Å². The van der Waals surface area contributed by atoms with Gasteiger partial charge in [0.1, 0.15) is 11.2 Å². The van der Waals surface area contributed by atoms with Gasteiger partial charge >= 0.3 is 0 Å². The van der Waals surface area contributed by atoms with E-state index in [2.05, 4.69) is 41.0 Å². The number of benzene rings is 8. The van der Waals surface area contributed by atoms with Crippen molar-refractivity contribution in [2.24, 2.45) is 0 Å². The van der Waals surface area contributed by atoms with Crippen LogP contribution in [0.2, 0.25) is 0 Å². The van der Waals surface area contributed by atoms with Crippen LogP contribution in [0.15, 0.2) is 186 Å². The number of rotatable bonds is 4. The Labute approximate surface area is 303 Å². The first-order valence-corrected chi connectivity index (χ1v) is 16.9. The third kappa shape index (κ3) is 4.19. The maximum Gasteiger partial charge on any atom is 0.135 e. The number of furan rings is 1. The SMILES string of the molecule is [2H]c1c([2H])c([2H])c2c(c1[2H])c1c([2H])c(-c3ccc4c(c3)c3cccc(-c5ccccc5)c3n4-c3ccccc3)c([2H])c([2H])c1n2-c1ccc2oc3ccccc3c2c1. The Bertz CT molecular complexity index is 3530. The molecule has 0 bridgehead atoms. The minimum Gasteiger partial charge on any atom is -0.456 e. The van der Waals surface area contributed by atoms with E-state index < -0.39 is 12.1 Å². The molecule has 8 aromatic carbocycles. The van der Waals surface area contributed by atoms with Gasteiger partial charge in [0, 0.05) is 49.3 Å². The molecule has 0 N–H and O–H groups in total. The summed E-state index contributed by atoms with van der Waals surface area (Å²) in [5.74, 6) is 0. The Kier molecular flexibility index (Phi) is 4.67. The zero-order valence-electron chi connectivity index (χ0n) is 34.1. The first-order chi connectivity index (χ1) is 28.2. The van der Waals surface area contributed by atoms with Gasteiger partial charge in [-0.1, -0.05) is 115 Å². The van der Waals surface area contributed by atoms with E-state index in [1.54, 1.807) is 16.7 Å². The van der Waals surface area contributed by atoms with Crippen molar-refractivity contribution in [2.45, 2.75) is 0 Å². The highest BCUT2D eigenvalue weighted by molar-refractivity contribution is 6.15. The van der Waals surface area contributed by atoms with Crippen LogP contribution >= 0.6 is 0 Å². The Morgan fingerprint density at radius 1 is 0.412 bits per heavy atom. The average Bonchev–Trinajstić information content (AvgIpc) is 3.93. The van der Waals surface area contributed by atoms with Gasteiger partial charge in [0.15, 0.2) is 0 Å². The molecule has 0 aliphatic heterocycles. The van der Waals surface area contributed by atoms with Crippen molar-refractivity contribution in [3.05, 3.63) is 182 Å². The molecule has 0 saturated carbocycles. The molecule has 0 amide bonds. The Morgan fingerprint density at radius 2 is 1.18 bits per heavy atom. The molecule has 0 unspecified atom stereocenters. The summed E-state index contributed by atoms with van der Waals surface area (Å²) in [4.78, 5) is 0. The first-order valence-electron chi connectivity index (χ1n) is 20.4. The lowest BCUT2D eigenvalue weighted by atomic mass is 9.99. The molecule has 0 aliphatic carbocycles. The lowest BCUT2D eigenvalue weighted by molar-refractivity contribution is 0.669. The minimum absolute atomic E-state index is 0.0873. The van der Waals surface area contributed by atoms with Crippen LogP contribution in [0.3, 0.4) is 0 Å². The topological polar surface area (TPSA) is 23.0 Å². The summed E-state index contributed by atoms with van der Waals surface area (Å²) < 4.78 is 74.6. The van der Waals surface area contributed by atoms with Gasteiger partial charge in [-0.2, -0.15) is 0 Å². The number of aromatic nitrogens is 2. The van der Waals surface area contributed by atoms with Gasteiger partial charge in [-0.3, -0.25) is 0 Å². The highest BCUT2D eigenvalue weighted by atomic mass is 16.3. The maximum absolute atomic E-state index is 9.85. The minimum atomic E-state index is -0.431. The quantitative estimate of drug-likeness (QED) is 0.185. The van der Waals surface area contributed by atoms with Gasteiger partial charge in [0.05, 0.1) is 31.7 Å². The summed E-state index contributed by atoms with van der Waals surface area (Å²) in [6, 6.07) is 43.7.